The first-order valence-corrected chi connectivity index (χ1v) is 6.21. The van der Waals surface area contributed by atoms with E-state index >= 15 is 0 Å². The molecule has 0 saturated carbocycles. The summed E-state index contributed by atoms with van der Waals surface area (Å²) in [5, 5.41) is 2.84. The van der Waals surface area contributed by atoms with Crippen LogP contribution in [0.3, 0.4) is 0 Å². The topological polar surface area (TPSA) is 38.3 Å². The maximum absolute atomic E-state index is 11.4. The van der Waals surface area contributed by atoms with Crippen molar-refractivity contribution in [3.8, 4) is 0 Å². The molecule has 0 aromatic heterocycles. The van der Waals surface area contributed by atoms with Crippen molar-refractivity contribution < 1.29 is 11.0 Å². The summed E-state index contributed by atoms with van der Waals surface area (Å²) < 4.78 is 5.33. The summed E-state index contributed by atoms with van der Waals surface area (Å²) in [6, 6.07) is 9.86. The zero-order chi connectivity index (χ0) is 12.3. The molecule has 3 heteroatoms. The van der Waals surface area contributed by atoms with Crippen LogP contribution in [0.5, 0.6) is 0 Å². The highest BCUT2D eigenvalue weighted by atomic mass is 16.5. The number of unbranched alkanes of at least 4 members (excludes halogenated alkanes) is 2. The van der Waals surface area contributed by atoms with Crippen LogP contribution in [0.25, 0.3) is 0 Å². The molecule has 1 aromatic rings. The quantitative estimate of drug-likeness (QED) is 0.706. The zero-order valence-corrected chi connectivity index (χ0v) is 10.4. The maximum atomic E-state index is 11.4. The second-order valence-electron chi connectivity index (χ2n) is 4.04. The van der Waals surface area contributed by atoms with Gasteiger partial charge in [-0.15, -0.1) is 0 Å². The van der Waals surface area contributed by atoms with Crippen LogP contribution < -0.4 is 5.32 Å². The van der Waals surface area contributed by atoms with E-state index in [2.05, 4.69) is 12.2 Å². The van der Waals surface area contributed by atoms with Gasteiger partial charge in [-0.05, 0) is 12.0 Å². The van der Waals surface area contributed by atoms with Gasteiger partial charge in [0.05, 0.1) is 6.61 Å². The smallest absolute Gasteiger partial charge is 0.246 e. The largest absolute Gasteiger partial charge is 0.367 e. The molecule has 96 valence electrons. The first kappa shape index (κ1) is 13.7. The van der Waals surface area contributed by atoms with Crippen LogP contribution in [0.2, 0.25) is 0 Å². The Balaban J connectivity index is 0.00000289. The fraction of sp³-hybridized carbons (Fsp3) is 0.500. The van der Waals surface area contributed by atoms with E-state index in [1.54, 1.807) is 0 Å². The molecule has 3 nitrogen and oxygen atoms in total. The molecule has 0 spiro atoms. The average Bonchev–Trinajstić information content (AvgIpc) is 2.36. The van der Waals surface area contributed by atoms with Crippen LogP contribution >= 0.6 is 0 Å². The molecule has 1 amide bonds. The van der Waals surface area contributed by atoms with Crippen molar-refractivity contribution in [3.63, 3.8) is 0 Å². The monoisotopic (exact) mass is 237 g/mol. The number of amides is 1. The van der Waals surface area contributed by atoms with Gasteiger partial charge in [-0.25, -0.2) is 0 Å². The normalized spacial score (nSPS) is 10.2. The van der Waals surface area contributed by atoms with Crippen LogP contribution in [0.15, 0.2) is 30.3 Å². The van der Waals surface area contributed by atoms with E-state index < -0.39 is 0 Å². The third kappa shape index (κ3) is 6.74. The van der Waals surface area contributed by atoms with Gasteiger partial charge in [-0.1, -0.05) is 50.1 Å². The molecule has 0 unspecified atom stereocenters. The van der Waals surface area contributed by atoms with Gasteiger partial charge < -0.3 is 10.1 Å². The molecule has 0 saturated heterocycles. The summed E-state index contributed by atoms with van der Waals surface area (Å²) in [7, 11) is 0. The van der Waals surface area contributed by atoms with Crippen LogP contribution in [0.4, 0.5) is 0 Å². The Bertz CT molecular complexity index is 317. The summed E-state index contributed by atoms with van der Waals surface area (Å²) in [6.45, 7) is 3.52. The van der Waals surface area contributed by atoms with Crippen molar-refractivity contribution in [3.05, 3.63) is 35.9 Å². The van der Waals surface area contributed by atoms with Crippen molar-refractivity contribution in [2.45, 2.75) is 32.8 Å². The van der Waals surface area contributed by atoms with Crippen LogP contribution in [-0.2, 0) is 16.1 Å². The van der Waals surface area contributed by atoms with Gasteiger partial charge in [0, 0.05) is 7.97 Å². The summed E-state index contributed by atoms with van der Waals surface area (Å²) in [6.07, 6.45) is 3.37. The highest BCUT2D eigenvalue weighted by Gasteiger charge is 2.00. The second kappa shape index (κ2) is 8.76. The van der Waals surface area contributed by atoms with Crippen LogP contribution in [-0.4, -0.2) is 19.1 Å². The predicted octanol–water partition coefficient (Wildman–Crippen LogP) is 2.76. The van der Waals surface area contributed by atoms with E-state index in [4.69, 9.17) is 4.74 Å². The Morgan fingerprint density at radius 1 is 1.29 bits per heavy atom. The lowest BCUT2D eigenvalue weighted by Gasteiger charge is -2.06. The molecule has 0 radical (unpaired) electrons. The van der Waals surface area contributed by atoms with Crippen molar-refractivity contribution >= 4 is 5.91 Å². The molecule has 0 aliphatic carbocycles. The number of hydrogen-bond acceptors (Lipinski definition) is 2. The Labute approximate surface area is 105 Å². The molecule has 0 bridgehead atoms. The van der Waals surface area contributed by atoms with Gasteiger partial charge in [0.2, 0.25) is 5.91 Å². The molecule has 1 aromatic carbocycles. The number of rotatable bonds is 8. The molecular formula is C14H23NO2. The molecule has 1 N–H and O–H groups in total. The van der Waals surface area contributed by atoms with Crippen molar-refractivity contribution in [1.29, 1.82) is 0 Å². The number of benzene rings is 1. The summed E-state index contributed by atoms with van der Waals surface area (Å²) in [5.74, 6) is -0.0305. The zero-order valence-electron chi connectivity index (χ0n) is 10.4. The highest BCUT2D eigenvalue weighted by molar-refractivity contribution is 5.77. The van der Waals surface area contributed by atoms with Gasteiger partial charge in [-0.3, -0.25) is 4.79 Å². The minimum Gasteiger partial charge on any atom is -0.367 e. The molecule has 1 rings (SSSR count). The lowest BCUT2D eigenvalue weighted by molar-refractivity contribution is -0.126. The molecule has 17 heavy (non-hydrogen) atoms. The number of nitrogens with one attached hydrogen (secondary N) is 1. The molecule has 0 atom stereocenters. The van der Waals surface area contributed by atoms with Gasteiger partial charge >= 0.3 is 0 Å². The lowest BCUT2D eigenvalue weighted by Crippen LogP contribution is -2.28. The fourth-order valence-corrected chi connectivity index (χ4v) is 1.49. The number of hydrogen-bond donors (Lipinski definition) is 1. The van der Waals surface area contributed by atoms with E-state index in [1.807, 2.05) is 30.3 Å². The van der Waals surface area contributed by atoms with Crippen molar-refractivity contribution in [1.82, 2.24) is 5.32 Å². The van der Waals surface area contributed by atoms with Crippen LogP contribution in [0, 0.1) is 0 Å². The molecule has 0 fully saturated rings. The average molecular weight is 237 g/mol. The minimum atomic E-state index is -0.0305. The summed E-state index contributed by atoms with van der Waals surface area (Å²) in [4.78, 5) is 11.4. The van der Waals surface area contributed by atoms with E-state index in [0.29, 0.717) is 6.61 Å². The molecule has 0 heterocycles. The minimum absolute atomic E-state index is 0. The summed E-state index contributed by atoms with van der Waals surface area (Å²) >= 11 is 0. The molecule has 0 aliphatic heterocycles. The predicted molar refractivity (Wildman–Crippen MR) is 70.7 cm³/mol. The van der Waals surface area contributed by atoms with E-state index in [-0.39, 0.29) is 13.9 Å². The second-order valence-corrected chi connectivity index (χ2v) is 4.04. The first-order valence-electron chi connectivity index (χ1n) is 6.21. The Hall–Kier alpha value is -1.35. The molecular weight excluding hydrogens is 214 g/mol. The third-order valence-corrected chi connectivity index (χ3v) is 2.45. The Morgan fingerprint density at radius 2 is 2.06 bits per heavy atom. The number of ether oxygens (including phenoxy) is 1. The number of carbonyl (C=O) groups excluding carboxylic acids is 1. The van der Waals surface area contributed by atoms with Crippen molar-refractivity contribution in [2.75, 3.05) is 13.2 Å². The van der Waals surface area contributed by atoms with Gasteiger partial charge in [0.15, 0.2) is 0 Å². The number of carbonyl (C=O) groups is 1. The standard InChI is InChI=1S/C14H21NO2.H2/c1-2-3-7-10-15-14(16)12-17-11-13-8-5-4-6-9-13;/h4-6,8-9H,2-3,7,10-12H2,1H3,(H,15,16);1H. The molecule has 0 aliphatic rings. The van der Waals surface area contributed by atoms with Gasteiger partial charge in [0.1, 0.15) is 6.61 Å². The first-order chi connectivity index (χ1) is 8.33. The van der Waals surface area contributed by atoms with E-state index in [9.17, 15) is 4.79 Å². The van der Waals surface area contributed by atoms with Crippen LogP contribution in [0.1, 0.15) is 33.2 Å². The SMILES string of the molecule is CCCCCNC(=O)COCc1ccccc1.[HH]. The fourth-order valence-electron chi connectivity index (χ4n) is 1.49. The van der Waals surface area contributed by atoms with Crippen molar-refractivity contribution in [2.24, 2.45) is 0 Å². The Morgan fingerprint density at radius 3 is 2.76 bits per heavy atom. The summed E-state index contributed by atoms with van der Waals surface area (Å²) in [5.41, 5.74) is 1.09. The lowest BCUT2D eigenvalue weighted by atomic mass is 10.2. The Kier molecular flexibility index (Phi) is 7.07. The maximum Gasteiger partial charge on any atom is 0.246 e. The van der Waals surface area contributed by atoms with E-state index in [0.717, 1.165) is 24.9 Å². The van der Waals surface area contributed by atoms with E-state index in [1.165, 1.54) is 6.42 Å². The highest BCUT2D eigenvalue weighted by Crippen LogP contribution is 1.99. The third-order valence-electron chi connectivity index (χ3n) is 2.45. The van der Waals surface area contributed by atoms with Gasteiger partial charge in [0.25, 0.3) is 0 Å². The van der Waals surface area contributed by atoms with Gasteiger partial charge in [-0.2, -0.15) is 0 Å².